The number of carbonyl (C=O) groups is 1. The van der Waals surface area contributed by atoms with Crippen molar-refractivity contribution in [2.24, 2.45) is 39.9 Å². The number of hydrogen-bond acceptors (Lipinski definition) is 10. The Balaban J connectivity index is 2.45. The molecule has 10 heteroatoms. The molecule has 1 heterocycles. The zero-order chi connectivity index (χ0) is 33.1. The zero-order valence-corrected chi connectivity index (χ0v) is 27.3. The fourth-order valence-corrected chi connectivity index (χ4v) is 5.90. The monoisotopic (exact) mass is 618 g/mol. The maximum atomic E-state index is 13.8. The molecule has 0 aromatic heterocycles. The van der Waals surface area contributed by atoms with E-state index >= 15 is 0 Å². The van der Waals surface area contributed by atoms with Gasteiger partial charge in [-0.25, -0.2) is 0 Å². The second-order valence-corrected chi connectivity index (χ2v) is 12.8. The SMILES string of the molecule is CC[C@H](C)[C@@H](O)[C@@H](C)[C@@H](O)C/C(C[C@@H]1C[C@H](O)C/C=C(\C)[C@@H](O)[C@@H](C)/C=C/C=C(\C)C2C/C(=N\O)C(C)=CC2C(=O)O1)=N/O. The quantitative estimate of drug-likeness (QED) is 0.0731. The second-order valence-electron chi connectivity index (χ2n) is 12.8. The molecule has 0 radical (unpaired) electrons. The summed E-state index contributed by atoms with van der Waals surface area (Å²) >= 11 is 0. The van der Waals surface area contributed by atoms with Gasteiger partial charge in [0, 0.05) is 43.4 Å². The largest absolute Gasteiger partial charge is 0.461 e. The summed E-state index contributed by atoms with van der Waals surface area (Å²) in [5.41, 5.74) is 2.87. The van der Waals surface area contributed by atoms with Crippen molar-refractivity contribution in [3.05, 3.63) is 47.1 Å². The average molecular weight is 619 g/mol. The molecule has 44 heavy (non-hydrogen) atoms. The lowest BCUT2D eigenvalue weighted by molar-refractivity contribution is -0.154. The molecule has 0 spiro atoms. The van der Waals surface area contributed by atoms with E-state index < -0.39 is 48.3 Å². The Morgan fingerprint density at radius 3 is 2.41 bits per heavy atom. The van der Waals surface area contributed by atoms with E-state index in [0.717, 1.165) is 12.0 Å². The predicted molar refractivity (Wildman–Crippen MR) is 171 cm³/mol. The lowest BCUT2D eigenvalue weighted by Gasteiger charge is -2.31. The Morgan fingerprint density at radius 2 is 1.80 bits per heavy atom. The van der Waals surface area contributed by atoms with Crippen LogP contribution < -0.4 is 0 Å². The number of aliphatic hydroxyl groups is 4. The molecule has 248 valence electrons. The van der Waals surface area contributed by atoms with Gasteiger partial charge in [-0.2, -0.15) is 0 Å². The third-order valence-corrected chi connectivity index (χ3v) is 9.40. The maximum absolute atomic E-state index is 13.8. The Morgan fingerprint density at radius 1 is 1.11 bits per heavy atom. The summed E-state index contributed by atoms with van der Waals surface area (Å²) in [6.45, 7) is 13.0. The number of aliphatic hydroxyl groups excluding tert-OH is 4. The molecule has 10 nitrogen and oxygen atoms in total. The van der Waals surface area contributed by atoms with E-state index in [2.05, 4.69) is 10.3 Å². The highest BCUT2D eigenvalue weighted by atomic mass is 16.5. The number of cyclic esters (lactones) is 1. The summed E-state index contributed by atoms with van der Waals surface area (Å²) in [4.78, 5) is 13.8. The van der Waals surface area contributed by atoms with E-state index in [1.165, 1.54) is 0 Å². The molecular formula is C34H54N2O8. The van der Waals surface area contributed by atoms with E-state index in [-0.39, 0.29) is 49.1 Å². The van der Waals surface area contributed by atoms with Gasteiger partial charge in [-0.1, -0.05) is 80.4 Å². The molecule has 2 rings (SSSR count). The highest BCUT2D eigenvalue weighted by Gasteiger charge is 2.36. The number of nitrogens with zero attached hydrogens (tertiary/aromatic N) is 2. The Hall–Kier alpha value is -2.79. The van der Waals surface area contributed by atoms with Gasteiger partial charge in [0.1, 0.15) is 6.10 Å². The molecule has 1 aliphatic heterocycles. The molecule has 2 unspecified atom stereocenters. The van der Waals surface area contributed by atoms with Crippen molar-refractivity contribution in [1.82, 2.24) is 0 Å². The number of oxime groups is 2. The van der Waals surface area contributed by atoms with Gasteiger partial charge in [-0.15, -0.1) is 0 Å². The lowest BCUT2D eigenvalue weighted by Crippen LogP contribution is -2.37. The van der Waals surface area contributed by atoms with Crippen LogP contribution in [0.3, 0.4) is 0 Å². The zero-order valence-electron chi connectivity index (χ0n) is 27.3. The maximum Gasteiger partial charge on any atom is 0.313 e. The second kappa shape index (κ2) is 17.6. The molecule has 0 saturated heterocycles. The van der Waals surface area contributed by atoms with Gasteiger partial charge in [-0.3, -0.25) is 4.79 Å². The van der Waals surface area contributed by atoms with E-state index in [1.54, 1.807) is 32.9 Å². The van der Waals surface area contributed by atoms with E-state index in [1.807, 2.05) is 45.9 Å². The summed E-state index contributed by atoms with van der Waals surface area (Å²) in [7, 11) is 0. The number of ether oxygens (including phenoxy) is 1. The van der Waals surface area contributed by atoms with Crippen LogP contribution in [0, 0.1) is 29.6 Å². The topological polar surface area (TPSA) is 172 Å². The number of rotatable bonds is 8. The fraction of sp³-hybridized carbons (Fsp3) is 0.676. The summed E-state index contributed by atoms with van der Waals surface area (Å²) in [6.07, 6.45) is 6.00. The first-order valence-electron chi connectivity index (χ1n) is 15.8. The van der Waals surface area contributed by atoms with Crippen molar-refractivity contribution in [2.75, 3.05) is 0 Å². The molecule has 0 aromatic carbocycles. The minimum Gasteiger partial charge on any atom is -0.461 e. The average Bonchev–Trinajstić information content (AvgIpc) is 3.00. The van der Waals surface area contributed by atoms with Crippen molar-refractivity contribution in [3.63, 3.8) is 0 Å². The van der Waals surface area contributed by atoms with Crippen molar-refractivity contribution < 1.29 is 40.4 Å². The van der Waals surface area contributed by atoms with Gasteiger partial charge in [-0.05, 0) is 44.3 Å². The van der Waals surface area contributed by atoms with Gasteiger partial charge in [0.2, 0.25) is 0 Å². The van der Waals surface area contributed by atoms with Crippen LogP contribution in [0.5, 0.6) is 0 Å². The van der Waals surface area contributed by atoms with Crippen LogP contribution in [0.15, 0.2) is 57.4 Å². The predicted octanol–water partition coefficient (Wildman–Crippen LogP) is 4.93. The van der Waals surface area contributed by atoms with Crippen LogP contribution in [0.1, 0.15) is 87.0 Å². The molecule has 1 aliphatic carbocycles. The van der Waals surface area contributed by atoms with Gasteiger partial charge in [0.25, 0.3) is 0 Å². The van der Waals surface area contributed by atoms with Crippen molar-refractivity contribution in [1.29, 1.82) is 0 Å². The van der Waals surface area contributed by atoms with Gasteiger partial charge in [0.15, 0.2) is 0 Å². The number of esters is 1. The summed E-state index contributed by atoms with van der Waals surface area (Å²) in [5, 5.41) is 69.5. The van der Waals surface area contributed by atoms with Crippen LogP contribution >= 0.6 is 0 Å². The Bertz CT molecular complexity index is 1140. The standard InChI is InChI=1S/C34H54N2O8/c1-8-19(2)33(40)24(7)31(38)16-25(35-42)15-27-17-26(37)13-12-22(5)32(39)21(4)11-9-10-20(3)28-18-30(36-43)23(6)14-29(28)34(41)44-27/h9-12,14,19,21,24,26-29,31-33,37-40,42-43H,8,13,15-18H2,1-7H3/b11-9+,20-10+,22-12+,35-25+,36-30+/t19-,21-,24-,26+,27+,28?,29?,31-,32-,33+/m0/s1. The Kier molecular flexibility index (Phi) is 15.0. The number of carbonyl (C=O) groups excluding carboxylic acids is 1. The van der Waals surface area contributed by atoms with Gasteiger partial charge < -0.3 is 35.6 Å². The fourth-order valence-electron chi connectivity index (χ4n) is 5.90. The third-order valence-electron chi connectivity index (χ3n) is 9.40. The highest BCUT2D eigenvalue weighted by Crippen LogP contribution is 2.35. The molecule has 0 fully saturated rings. The molecule has 6 N–H and O–H groups in total. The molecule has 10 atom stereocenters. The molecule has 0 amide bonds. The first-order chi connectivity index (χ1) is 20.7. The smallest absolute Gasteiger partial charge is 0.313 e. The first kappa shape index (κ1) is 37.4. The number of hydrogen-bond donors (Lipinski definition) is 6. The Labute approximate surface area is 262 Å². The van der Waals surface area contributed by atoms with E-state index in [0.29, 0.717) is 23.3 Å². The molecule has 0 saturated carbocycles. The van der Waals surface area contributed by atoms with Crippen molar-refractivity contribution in [2.45, 2.75) is 118 Å². The van der Waals surface area contributed by atoms with Crippen LogP contribution in [0.2, 0.25) is 0 Å². The van der Waals surface area contributed by atoms with Crippen molar-refractivity contribution in [3.8, 4) is 0 Å². The summed E-state index contributed by atoms with van der Waals surface area (Å²) < 4.78 is 6.02. The minimum absolute atomic E-state index is 0.0271. The highest BCUT2D eigenvalue weighted by molar-refractivity contribution is 6.01. The van der Waals surface area contributed by atoms with Gasteiger partial charge >= 0.3 is 5.97 Å². The molecule has 0 bridgehead atoms. The van der Waals surface area contributed by atoms with Crippen molar-refractivity contribution >= 4 is 17.4 Å². The van der Waals surface area contributed by atoms with Crippen LogP contribution in [-0.4, -0.2) is 78.8 Å². The normalized spacial score (nSPS) is 34.7. The number of fused-ring (bicyclic) bond motifs is 1. The third kappa shape index (κ3) is 10.4. The van der Waals surface area contributed by atoms with Crippen LogP contribution in [-0.2, 0) is 9.53 Å². The van der Waals surface area contributed by atoms with E-state index in [9.17, 15) is 35.6 Å². The van der Waals surface area contributed by atoms with Gasteiger partial charge in [0.05, 0.1) is 41.8 Å². The van der Waals surface area contributed by atoms with Crippen LogP contribution in [0.4, 0.5) is 0 Å². The summed E-state index contributed by atoms with van der Waals surface area (Å²) in [6, 6.07) is 0. The molecule has 0 aromatic rings. The van der Waals surface area contributed by atoms with E-state index in [4.69, 9.17) is 4.74 Å². The minimum atomic E-state index is -1.00. The van der Waals surface area contributed by atoms with Crippen LogP contribution in [0.25, 0.3) is 0 Å². The molecular weight excluding hydrogens is 564 g/mol. The number of allylic oxidation sites excluding steroid dienone is 4. The molecule has 2 aliphatic rings. The lowest BCUT2D eigenvalue weighted by atomic mass is 9.76. The summed E-state index contributed by atoms with van der Waals surface area (Å²) in [5.74, 6) is -2.31. The first-order valence-corrected chi connectivity index (χ1v) is 15.8.